The minimum Gasteiger partial charge on any atom is -0.310 e. The van der Waals surface area contributed by atoms with Gasteiger partial charge in [-0.2, -0.15) is 0 Å². The fraction of sp³-hybridized carbons (Fsp3) is 0.409. The Balaban J connectivity index is 1.38. The standard InChI is InChI=1S/C22H28N2O/c25-22(17-23-15-7-13-19-9-3-1-4-10-19)21-14-8-16-24(21)18-20-11-5-2-6-12-20/h1-6,9-12,21,23H,7-8,13-18H2/t21-/m0/s1. The first-order valence-electron chi connectivity index (χ1n) is 9.38. The summed E-state index contributed by atoms with van der Waals surface area (Å²) in [5.41, 5.74) is 2.65. The molecule has 2 aromatic carbocycles. The van der Waals surface area contributed by atoms with Crippen molar-refractivity contribution in [3.63, 3.8) is 0 Å². The van der Waals surface area contributed by atoms with Crippen LogP contribution < -0.4 is 5.32 Å². The lowest BCUT2D eigenvalue weighted by Gasteiger charge is -2.23. The number of ketones is 1. The van der Waals surface area contributed by atoms with Gasteiger partial charge in [0.15, 0.2) is 5.78 Å². The molecule has 2 aromatic rings. The fourth-order valence-corrected chi connectivity index (χ4v) is 3.59. The van der Waals surface area contributed by atoms with Crippen molar-refractivity contribution >= 4 is 5.78 Å². The lowest BCUT2D eigenvalue weighted by molar-refractivity contribution is -0.122. The van der Waals surface area contributed by atoms with E-state index in [9.17, 15) is 4.79 Å². The Morgan fingerprint density at radius 2 is 1.68 bits per heavy atom. The number of carbonyl (C=O) groups excluding carboxylic acids is 1. The summed E-state index contributed by atoms with van der Waals surface area (Å²) in [6.07, 6.45) is 4.25. The first-order chi connectivity index (χ1) is 12.3. The molecule has 0 unspecified atom stereocenters. The first-order valence-corrected chi connectivity index (χ1v) is 9.38. The van der Waals surface area contributed by atoms with Gasteiger partial charge in [-0.25, -0.2) is 0 Å². The molecule has 0 aliphatic carbocycles. The van der Waals surface area contributed by atoms with Crippen molar-refractivity contribution in [2.24, 2.45) is 0 Å². The van der Waals surface area contributed by atoms with Crippen LogP contribution >= 0.6 is 0 Å². The summed E-state index contributed by atoms with van der Waals surface area (Å²) >= 11 is 0. The number of Topliss-reactive ketones (excluding diaryl/α,β-unsaturated/α-hetero) is 1. The summed E-state index contributed by atoms with van der Waals surface area (Å²) in [5, 5.41) is 3.34. The first kappa shape index (κ1) is 17.8. The highest BCUT2D eigenvalue weighted by molar-refractivity contribution is 5.86. The number of aryl methyl sites for hydroxylation is 1. The molecule has 1 aliphatic heterocycles. The Hall–Kier alpha value is -1.97. The second-order valence-corrected chi connectivity index (χ2v) is 6.85. The molecular formula is C22H28N2O. The van der Waals surface area contributed by atoms with E-state index in [2.05, 4.69) is 58.7 Å². The third-order valence-electron chi connectivity index (χ3n) is 4.92. The van der Waals surface area contributed by atoms with E-state index in [1.165, 1.54) is 11.1 Å². The fourth-order valence-electron chi connectivity index (χ4n) is 3.59. The molecule has 1 heterocycles. The summed E-state index contributed by atoms with van der Waals surface area (Å²) in [5.74, 6) is 0.341. The van der Waals surface area contributed by atoms with Gasteiger partial charge in [0.25, 0.3) is 0 Å². The molecule has 1 N–H and O–H groups in total. The Morgan fingerprint density at radius 1 is 1.00 bits per heavy atom. The Labute approximate surface area is 151 Å². The minimum atomic E-state index is 0.0850. The van der Waals surface area contributed by atoms with Gasteiger partial charge in [-0.1, -0.05) is 60.7 Å². The van der Waals surface area contributed by atoms with E-state index in [-0.39, 0.29) is 6.04 Å². The molecule has 0 amide bonds. The Bertz CT molecular complexity index is 642. The molecule has 0 radical (unpaired) electrons. The van der Waals surface area contributed by atoms with Gasteiger partial charge >= 0.3 is 0 Å². The van der Waals surface area contributed by atoms with Crippen LogP contribution in [0.5, 0.6) is 0 Å². The van der Waals surface area contributed by atoms with Crippen LogP contribution in [-0.2, 0) is 17.8 Å². The summed E-state index contributed by atoms with van der Waals surface area (Å²) < 4.78 is 0. The van der Waals surface area contributed by atoms with Gasteiger partial charge in [0.05, 0.1) is 12.6 Å². The second kappa shape index (κ2) is 9.50. The number of nitrogens with zero attached hydrogens (tertiary/aromatic N) is 1. The zero-order chi connectivity index (χ0) is 17.3. The van der Waals surface area contributed by atoms with Crippen LogP contribution in [0.3, 0.4) is 0 Å². The smallest absolute Gasteiger partial charge is 0.163 e. The van der Waals surface area contributed by atoms with Crippen molar-refractivity contribution in [1.82, 2.24) is 10.2 Å². The second-order valence-electron chi connectivity index (χ2n) is 6.85. The number of rotatable bonds is 9. The maximum atomic E-state index is 12.6. The van der Waals surface area contributed by atoms with Crippen molar-refractivity contribution < 1.29 is 4.79 Å². The van der Waals surface area contributed by atoms with Gasteiger partial charge in [0.1, 0.15) is 0 Å². The van der Waals surface area contributed by atoms with Gasteiger partial charge in [0.2, 0.25) is 0 Å². The van der Waals surface area contributed by atoms with Crippen LogP contribution in [0.25, 0.3) is 0 Å². The van der Waals surface area contributed by atoms with Crippen LogP contribution in [0.15, 0.2) is 60.7 Å². The maximum Gasteiger partial charge on any atom is 0.163 e. The van der Waals surface area contributed by atoms with Crippen LogP contribution in [-0.4, -0.2) is 36.4 Å². The summed E-state index contributed by atoms with van der Waals surface area (Å²) in [4.78, 5) is 14.9. The van der Waals surface area contributed by atoms with E-state index in [4.69, 9.17) is 0 Å². The lowest BCUT2D eigenvalue weighted by Crippen LogP contribution is -2.40. The highest BCUT2D eigenvalue weighted by atomic mass is 16.1. The monoisotopic (exact) mass is 336 g/mol. The van der Waals surface area contributed by atoms with Crippen LogP contribution in [0, 0.1) is 0 Å². The van der Waals surface area contributed by atoms with E-state index >= 15 is 0 Å². The number of likely N-dealkylation sites (tertiary alicyclic amines) is 1. The van der Waals surface area contributed by atoms with Gasteiger partial charge in [-0.15, -0.1) is 0 Å². The number of nitrogens with one attached hydrogen (secondary N) is 1. The number of carbonyl (C=O) groups is 1. The zero-order valence-electron chi connectivity index (χ0n) is 14.9. The van der Waals surface area contributed by atoms with E-state index in [0.717, 1.165) is 45.3 Å². The maximum absolute atomic E-state index is 12.6. The quantitative estimate of drug-likeness (QED) is 0.712. The SMILES string of the molecule is O=C(CNCCCc1ccccc1)[C@@H]1CCCN1Cc1ccccc1. The molecule has 0 bridgehead atoms. The van der Waals surface area contributed by atoms with E-state index in [1.807, 2.05) is 12.1 Å². The highest BCUT2D eigenvalue weighted by Gasteiger charge is 2.29. The third-order valence-corrected chi connectivity index (χ3v) is 4.92. The van der Waals surface area contributed by atoms with Crippen molar-refractivity contribution in [1.29, 1.82) is 0 Å². The van der Waals surface area contributed by atoms with Crippen molar-refractivity contribution in [2.45, 2.75) is 38.3 Å². The highest BCUT2D eigenvalue weighted by Crippen LogP contribution is 2.20. The van der Waals surface area contributed by atoms with Gasteiger partial charge < -0.3 is 5.32 Å². The molecule has 1 saturated heterocycles. The largest absolute Gasteiger partial charge is 0.310 e. The average molecular weight is 336 g/mol. The predicted octanol–water partition coefficient (Wildman–Crippen LogP) is 3.44. The predicted molar refractivity (Wildman–Crippen MR) is 103 cm³/mol. The average Bonchev–Trinajstić information content (AvgIpc) is 3.11. The molecule has 132 valence electrons. The van der Waals surface area contributed by atoms with Crippen molar-refractivity contribution in [3.8, 4) is 0 Å². The molecule has 1 aliphatic rings. The van der Waals surface area contributed by atoms with Gasteiger partial charge in [-0.3, -0.25) is 9.69 Å². The summed E-state index contributed by atoms with van der Waals surface area (Å²) in [7, 11) is 0. The van der Waals surface area contributed by atoms with Crippen LogP contribution in [0.4, 0.5) is 0 Å². The van der Waals surface area contributed by atoms with Gasteiger partial charge in [0, 0.05) is 6.54 Å². The molecule has 3 nitrogen and oxygen atoms in total. The number of benzene rings is 2. The normalized spacial score (nSPS) is 17.7. The molecule has 0 saturated carbocycles. The molecular weight excluding hydrogens is 308 g/mol. The van der Waals surface area contributed by atoms with Crippen molar-refractivity contribution in [3.05, 3.63) is 71.8 Å². The molecule has 1 atom stereocenters. The van der Waals surface area contributed by atoms with Crippen LogP contribution in [0.1, 0.15) is 30.4 Å². The number of hydrogen-bond donors (Lipinski definition) is 1. The molecule has 25 heavy (non-hydrogen) atoms. The number of hydrogen-bond acceptors (Lipinski definition) is 3. The minimum absolute atomic E-state index is 0.0850. The molecule has 0 aromatic heterocycles. The lowest BCUT2D eigenvalue weighted by atomic mass is 10.1. The summed E-state index contributed by atoms with van der Waals surface area (Å²) in [6.45, 7) is 3.29. The molecule has 3 heteroatoms. The third kappa shape index (κ3) is 5.52. The van der Waals surface area contributed by atoms with E-state index in [1.54, 1.807) is 0 Å². The van der Waals surface area contributed by atoms with Gasteiger partial charge in [-0.05, 0) is 49.9 Å². The van der Waals surface area contributed by atoms with Crippen molar-refractivity contribution in [2.75, 3.05) is 19.6 Å². The van der Waals surface area contributed by atoms with E-state index in [0.29, 0.717) is 12.3 Å². The Morgan fingerprint density at radius 3 is 2.40 bits per heavy atom. The van der Waals surface area contributed by atoms with E-state index < -0.39 is 0 Å². The van der Waals surface area contributed by atoms with Crippen LogP contribution in [0.2, 0.25) is 0 Å². The zero-order valence-corrected chi connectivity index (χ0v) is 14.9. The topological polar surface area (TPSA) is 32.3 Å². The molecule has 0 spiro atoms. The Kier molecular flexibility index (Phi) is 6.78. The summed E-state index contributed by atoms with van der Waals surface area (Å²) in [6, 6.07) is 21.1. The molecule has 3 rings (SSSR count). The molecule has 1 fully saturated rings.